The number of benzene rings is 1. The van der Waals surface area contributed by atoms with Gasteiger partial charge in [-0.05, 0) is 37.6 Å². The average molecular weight is 372 g/mol. The number of carbonyl (C=O) groups is 3. The van der Waals surface area contributed by atoms with Crippen molar-refractivity contribution in [3.8, 4) is 0 Å². The van der Waals surface area contributed by atoms with Gasteiger partial charge < -0.3 is 25.2 Å². The number of hydrogen-bond acceptors (Lipinski definition) is 4. The first-order valence-electron chi connectivity index (χ1n) is 9.41. The molecule has 1 aromatic rings. The van der Waals surface area contributed by atoms with Gasteiger partial charge in [-0.1, -0.05) is 0 Å². The number of piperidine rings is 1. The van der Waals surface area contributed by atoms with E-state index in [1.807, 2.05) is 36.1 Å². The molecular formula is C19H24N4O4. The highest BCUT2D eigenvalue weighted by Crippen LogP contribution is 2.30. The van der Waals surface area contributed by atoms with Crippen LogP contribution in [0.15, 0.2) is 24.3 Å². The Labute approximate surface area is 157 Å². The maximum Gasteiger partial charge on any atom is 0.407 e. The van der Waals surface area contributed by atoms with Gasteiger partial charge in [-0.25, -0.2) is 9.59 Å². The second kappa shape index (κ2) is 6.75. The van der Waals surface area contributed by atoms with E-state index in [2.05, 4.69) is 10.6 Å². The number of anilines is 2. The van der Waals surface area contributed by atoms with Crippen molar-refractivity contribution in [3.63, 3.8) is 0 Å². The molecule has 8 nitrogen and oxygen atoms in total. The standard InChI is InChI=1S/C19H24N4O4/c1-13-2-7-16(24)23(13)15-5-3-14(4-6-15)21-17(25)22-10-8-19(9-11-22)12-20-18(26)27-19/h3-6,13H,2,7-12H2,1H3,(H,20,26)(H,21,25)/t13-/m0/s1. The smallest absolute Gasteiger partial charge is 0.407 e. The van der Waals surface area contributed by atoms with E-state index in [4.69, 9.17) is 4.74 Å². The third-order valence-electron chi connectivity index (χ3n) is 5.71. The number of nitrogens with zero attached hydrogens (tertiary/aromatic N) is 2. The van der Waals surface area contributed by atoms with Gasteiger partial charge in [0.2, 0.25) is 5.91 Å². The van der Waals surface area contributed by atoms with Crippen molar-refractivity contribution in [1.29, 1.82) is 0 Å². The lowest BCUT2D eigenvalue weighted by molar-refractivity contribution is -0.117. The molecule has 1 spiro atoms. The monoisotopic (exact) mass is 372 g/mol. The summed E-state index contributed by atoms with van der Waals surface area (Å²) < 4.78 is 5.37. The van der Waals surface area contributed by atoms with Crippen LogP contribution in [0, 0.1) is 0 Å². The molecule has 0 radical (unpaired) electrons. The number of alkyl carbamates (subject to hydrolysis) is 1. The van der Waals surface area contributed by atoms with Gasteiger partial charge in [0.05, 0.1) is 6.54 Å². The van der Waals surface area contributed by atoms with Gasteiger partial charge in [-0.15, -0.1) is 0 Å². The van der Waals surface area contributed by atoms with E-state index in [9.17, 15) is 14.4 Å². The Hall–Kier alpha value is -2.77. The Bertz CT molecular complexity index is 755. The molecule has 3 aliphatic heterocycles. The average Bonchev–Trinajstić information content (AvgIpc) is 3.18. The minimum atomic E-state index is -0.464. The third kappa shape index (κ3) is 3.43. The van der Waals surface area contributed by atoms with Gasteiger partial charge in [-0.3, -0.25) is 4.79 Å². The van der Waals surface area contributed by atoms with Gasteiger partial charge in [0.1, 0.15) is 5.60 Å². The number of rotatable bonds is 2. The fourth-order valence-electron chi connectivity index (χ4n) is 4.03. The molecule has 1 aromatic carbocycles. The topological polar surface area (TPSA) is 91.0 Å². The van der Waals surface area contributed by atoms with Crippen molar-refractivity contribution in [3.05, 3.63) is 24.3 Å². The molecule has 0 bridgehead atoms. The fraction of sp³-hybridized carbons (Fsp3) is 0.526. The molecule has 0 unspecified atom stereocenters. The predicted molar refractivity (Wildman–Crippen MR) is 99.7 cm³/mol. The summed E-state index contributed by atoms with van der Waals surface area (Å²) in [6.07, 6.45) is 2.35. The van der Waals surface area contributed by atoms with Crippen molar-refractivity contribution in [1.82, 2.24) is 10.2 Å². The summed E-state index contributed by atoms with van der Waals surface area (Å²) in [5, 5.41) is 5.59. The van der Waals surface area contributed by atoms with Crippen LogP contribution in [-0.2, 0) is 9.53 Å². The zero-order chi connectivity index (χ0) is 19.0. The summed E-state index contributed by atoms with van der Waals surface area (Å²) in [4.78, 5) is 39.3. The highest BCUT2D eigenvalue weighted by atomic mass is 16.6. The molecule has 3 fully saturated rings. The predicted octanol–water partition coefficient (Wildman–Crippen LogP) is 2.31. The summed E-state index contributed by atoms with van der Waals surface area (Å²) in [5.74, 6) is 0.142. The van der Waals surface area contributed by atoms with E-state index in [1.54, 1.807) is 4.90 Å². The Morgan fingerprint density at radius 2 is 1.93 bits per heavy atom. The number of hydrogen-bond donors (Lipinski definition) is 2. The lowest BCUT2D eigenvalue weighted by atomic mass is 9.92. The van der Waals surface area contributed by atoms with Crippen molar-refractivity contribution in [2.24, 2.45) is 0 Å². The van der Waals surface area contributed by atoms with E-state index in [-0.39, 0.29) is 24.1 Å². The van der Waals surface area contributed by atoms with Crippen LogP contribution in [0.4, 0.5) is 21.0 Å². The largest absolute Gasteiger partial charge is 0.441 e. The minimum Gasteiger partial charge on any atom is -0.441 e. The van der Waals surface area contributed by atoms with Crippen LogP contribution >= 0.6 is 0 Å². The zero-order valence-corrected chi connectivity index (χ0v) is 15.4. The van der Waals surface area contributed by atoms with E-state index >= 15 is 0 Å². The Morgan fingerprint density at radius 3 is 2.48 bits per heavy atom. The molecule has 144 valence electrons. The Balaban J connectivity index is 1.33. The number of urea groups is 1. The summed E-state index contributed by atoms with van der Waals surface area (Å²) in [7, 11) is 0. The summed E-state index contributed by atoms with van der Waals surface area (Å²) >= 11 is 0. The summed E-state index contributed by atoms with van der Waals surface area (Å²) in [5.41, 5.74) is 1.09. The highest BCUT2D eigenvalue weighted by Gasteiger charge is 2.43. The first-order chi connectivity index (χ1) is 13.0. The SMILES string of the molecule is C[C@H]1CCC(=O)N1c1ccc(NC(=O)N2CCC3(CC2)CNC(=O)O3)cc1. The molecule has 3 aliphatic rings. The van der Waals surface area contributed by atoms with E-state index in [0.29, 0.717) is 44.6 Å². The van der Waals surface area contributed by atoms with Gasteiger partial charge in [0.25, 0.3) is 0 Å². The maximum atomic E-state index is 12.5. The normalized spacial score (nSPS) is 24.1. The molecule has 3 heterocycles. The third-order valence-corrected chi connectivity index (χ3v) is 5.71. The minimum absolute atomic E-state index is 0.142. The number of amides is 4. The van der Waals surface area contributed by atoms with Crippen LogP contribution < -0.4 is 15.5 Å². The quantitative estimate of drug-likeness (QED) is 0.833. The molecule has 0 aromatic heterocycles. The van der Waals surface area contributed by atoms with Crippen LogP contribution in [0.5, 0.6) is 0 Å². The molecule has 3 saturated heterocycles. The molecule has 4 rings (SSSR count). The van der Waals surface area contributed by atoms with Gasteiger partial charge in [0, 0.05) is 49.8 Å². The van der Waals surface area contributed by atoms with Crippen LogP contribution in [0.25, 0.3) is 0 Å². The van der Waals surface area contributed by atoms with Crippen molar-refractivity contribution in [2.45, 2.75) is 44.2 Å². The van der Waals surface area contributed by atoms with Gasteiger partial charge in [0.15, 0.2) is 0 Å². The number of ether oxygens (including phenoxy) is 1. The van der Waals surface area contributed by atoms with E-state index in [1.165, 1.54) is 0 Å². The second-order valence-electron chi connectivity index (χ2n) is 7.54. The summed E-state index contributed by atoms with van der Waals surface area (Å²) in [6, 6.07) is 7.41. The molecule has 27 heavy (non-hydrogen) atoms. The lowest BCUT2D eigenvalue weighted by Crippen LogP contribution is -2.49. The number of carbonyl (C=O) groups excluding carboxylic acids is 3. The van der Waals surface area contributed by atoms with E-state index < -0.39 is 5.60 Å². The van der Waals surface area contributed by atoms with Crippen LogP contribution in [0.2, 0.25) is 0 Å². The Morgan fingerprint density at radius 1 is 1.22 bits per heavy atom. The molecule has 4 amide bonds. The molecular weight excluding hydrogens is 348 g/mol. The first kappa shape index (κ1) is 17.6. The highest BCUT2D eigenvalue weighted by molar-refractivity contribution is 5.96. The van der Waals surface area contributed by atoms with Crippen molar-refractivity contribution in [2.75, 3.05) is 29.9 Å². The van der Waals surface area contributed by atoms with Crippen molar-refractivity contribution < 1.29 is 19.1 Å². The molecule has 0 saturated carbocycles. The number of likely N-dealkylation sites (tertiary alicyclic amines) is 1. The molecule has 1 atom stereocenters. The van der Waals surface area contributed by atoms with Crippen molar-refractivity contribution >= 4 is 29.4 Å². The summed E-state index contributed by atoms with van der Waals surface area (Å²) in [6.45, 7) is 3.63. The molecule has 2 N–H and O–H groups in total. The molecule has 8 heteroatoms. The number of nitrogens with one attached hydrogen (secondary N) is 2. The van der Waals surface area contributed by atoms with Crippen LogP contribution in [0.1, 0.15) is 32.6 Å². The van der Waals surface area contributed by atoms with E-state index in [0.717, 1.165) is 12.1 Å². The van der Waals surface area contributed by atoms with Crippen LogP contribution in [0.3, 0.4) is 0 Å². The Kier molecular flexibility index (Phi) is 4.41. The zero-order valence-electron chi connectivity index (χ0n) is 15.4. The lowest BCUT2D eigenvalue weighted by Gasteiger charge is -2.37. The maximum absolute atomic E-state index is 12.5. The van der Waals surface area contributed by atoms with Crippen LogP contribution in [-0.4, -0.2) is 54.2 Å². The fourth-order valence-corrected chi connectivity index (χ4v) is 4.03. The first-order valence-corrected chi connectivity index (χ1v) is 9.41. The van der Waals surface area contributed by atoms with Gasteiger partial charge >= 0.3 is 12.1 Å². The molecule has 0 aliphatic carbocycles. The second-order valence-corrected chi connectivity index (χ2v) is 7.54. The van der Waals surface area contributed by atoms with Gasteiger partial charge in [-0.2, -0.15) is 0 Å².